The molecule has 0 saturated carbocycles. The van der Waals surface area contributed by atoms with Gasteiger partial charge in [0.1, 0.15) is 5.82 Å². The third-order valence-electron chi connectivity index (χ3n) is 3.90. The fourth-order valence-electron chi connectivity index (χ4n) is 2.82. The first-order chi connectivity index (χ1) is 10.4. The first-order valence-corrected chi connectivity index (χ1v) is 7.28. The van der Waals surface area contributed by atoms with Crippen molar-refractivity contribution in [3.8, 4) is 6.07 Å². The second kappa shape index (κ2) is 4.99. The van der Waals surface area contributed by atoms with Crippen molar-refractivity contribution >= 4 is 11.7 Å². The van der Waals surface area contributed by atoms with Gasteiger partial charge in [-0.2, -0.15) is 10.4 Å². The Morgan fingerprint density at radius 3 is 2.59 bits per heavy atom. The van der Waals surface area contributed by atoms with E-state index in [-0.39, 0.29) is 17.4 Å². The van der Waals surface area contributed by atoms with E-state index in [4.69, 9.17) is 5.26 Å². The summed E-state index contributed by atoms with van der Waals surface area (Å²) in [7, 11) is 0. The fourth-order valence-corrected chi connectivity index (χ4v) is 2.82. The van der Waals surface area contributed by atoms with Crippen molar-refractivity contribution in [1.82, 2.24) is 9.78 Å². The first kappa shape index (κ1) is 14.3. The highest BCUT2D eigenvalue weighted by Gasteiger charge is 2.32. The standard InChI is InChI=1S/C17H18N4O/c1-17(2,3)21-16-14(10-19-21)13(8-15(22)20-16)12-6-4-11(9-18)5-7-12/h4-7,10,13H,8H2,1-3H3,(H,20,22)/t13-/m1/s1. The molecule has 1 amide bonds. The minimum Gasteiger partial charge on any atom is -0.311 e. The minimum atomic E-state index is -0.201. The van der Waals surface area contributed by atoms with Crippen LogP contribution in [0.1, 0.15) is 49.8 Å². The van der Waals surface area contributed by atoms with E-state index in [0.29, 0.717) is 12.0 Å². The topological polar surface area (TPSA) is 70.7 Å². The average molecular weight is 294 g/mol. The van der Waals surface area contributed by atoms with Crippen LogP contribution in [-0.4, -0.2) is 15.7 Å². The highest BCUT2D eigenvalue weighted by Crippen LogP contribution is 2.38. The van der Waals surface area contributed by atoms with Gasteiger partial charge < -0.3 is 5.32 Å². The van der Waals surface area contributed by atoms with Gasteiger partial charge in [-0.3, -0.25) is 4.79 Å². The summed E-state index contributed by atoms with van der Waals surface area (Å²) in [5.74, 6) is 0.749. The Kier molecular flexibility index (Phi) is 3.25. The lowest BCUT2D eigenvalue weighted by atomic mass is 9.87. The van der Waals surface area contributed by atoms with Crippen LogP contribution in [0.15, 0.2) is 30.5 Å². The maximum absolute atomic E-state index is 12.1. The molecule has 0 aliphatic carbocycles. The van der Waals surface area contributed by atoms with E-state index in [1.807, 2.05) is 23.0 Å². The first-order valence-electron chi connectivity index (χ1n) is 7.28. The third-order valence-corrected chi connectivity index (χ3v) is 3.90. The van der Waals surface area contributed by atoms with Gasteiger partial charge in [0.15, 0.2) is 0 Å². The summed E-state index contributed by atoms with van der Waals surface area (Å²) in [6, 6.07) is 9.52. The molecule has 3 rings (SSSR count). The maximum atomic E-state index is 12.1. The number of carbonyl (C=O) groups is 1. The lowest BCUT2D eigenvalue weighted by molar-refractivity contribution is -0.116. The monoisotopic (exact) mass is 294 g/mol. The summed E-state index contributed by atoms with van der Waals surface area (Å²) in [4.78, 5) is 12.1. The molecule has 2 aromatic rings. The molecular weight excluding hydrogens is 276 g/mol. The Balaban J connectivity index is 2.07. The van der Waals surface area contributed by atoms with Crippen molar-refractivity contribution in [2.45, 2.75) is 38.6 Å². The molecule has 5 nitrogen and oxygen atoms in total. The quantitative estimate of drug-likeness (QED) is 0.879. The number of hydrogen-bond acceptors (Lipinski definition) is 3. The number of nitrogens with zero attached hydrogens (tertiary/aromatic N) is 3. The molecule has 1 aliphatic heterocycles. The molecule has 0 radical (unpaired) electrons. The van der Waals surface area contributed by atoms with E-state index in [0.717, 1.165) is 16.9 Å². The van der Waals surface area contributed by atoms with Crippen LogP contribution in [0.4, 0.5) is 5.82 Å². The zero-order valence-electron chi connectivity index (χ0n) is 12.9. The van der Waals surface area contributed by atoms with E-state index in [2.05, 4.69) is 37.3 Å². The van der Waals surface area contributed by atoms with Crippen LogP contribution in [0.5, 0.6) is 0 Å². The minimum absolute atomic E-state index is 0.00661. The van der Waals surface area contributed by atoms with Gasteiger partial charge >= 0.3 is 0 Å². The molecule has 5 heteroatoms. The number of fused-ring (bicyclic) bond motifs is 1. The van der Waals surface area contributed by atoms with E-state index in [9.17, 15) is 4.79 Å². The van der Waals surface area contributed by atoms with Crippen LogP contribution < -0.4 is 5.32 Å². The molecule has 22 heavy (non-hydrogen) atoms. The van der Waals surface area contributed by atoms with Gasteiger partial charge in [0.2, 0.25) is 5.91 Å². The lowest BCUT2D eigenvalue weighted by Crippen LogP contribution is -2.30. The number of anilines is 1. The third kappa shape index (κ3) is 2.37. The number of aromatic nitrogens is 2. The smallest absolute Gasteiger partial charge is 0.226 e. The van der Waals surface area contributed by atoms with Crippen LogP contribution in [-0.2, 0) is 10.3 Å². The molecule has 1 aromatic carbocycles. The van der Waals surface area contributed by atoms with E-state index in [1.165, 1.54) is 0 Å². The number of hydrogen-bond donors (Lipinski definition) is 1. The van der Waals surface area contributed by atoms with Gasteiger partial charge in [0.25, 0.3) is 0 Å². The molecule has 0 unspecified atom stereocenters. The number of amides is 1. The van der Waals surface area contributed by atoms with E-state index < -0.39 is 0 Å². The van der Waals surface area contributed by atoms with Crippen LogP contribution >= 0.6 is 0 Å². The van der Waals surface area contributed by atoms with Crippen molar-refractivity contribution in [3.05, 3.63) is 47.2 Å². The second-order valence-corrected chi connectivity index (χ2v) is 6.57. The van der Waals surface area contributed by atoms with E-state index in [1.54, 1.807) is 12.1 Å². The molecule has 0 bridgehead atoms. The summed E-state index contributed by atoms with van der Waals surface area (Å²) in [6.45, 7) is 6.16. The van der Waals surface area contributed by atoms with Gasteiger partial charge in [-0.15, -0.1) is 0 Å². The average Bonchev–Trinajstić information content (AvgIpc) is 2.90. The SMILES string of the molecule is CC(C)(C)n1ncc2c1NC(=O)C[C@@H]2c1ccc(C#N)cc1. The Bertz CT molecular complexity index is 759. The summed E-state index contributed by atoms with van der Waals surface area (Å²) in [5.41, 5.74) is 2.48. The zero-order chi connectivity index (χ0) is 15.9. The van der Waals surface area contributed by atoms with E-state index >= 15 is 0 Å². The second-order valence-electron chi connectivity index (χ2n) is 6.57. The molecule has 1 N–H and O–H groups in total. The molecule has 1 aromatic heterocycles. The predicted molar refractivity (Wildman–Crippen MR) is 83.5 cm³/mol. The normalized spacial score (nSPS) is 17.5. The zero-order valence-corrected chi connectivity index (χ0v) is 12.9. The molecule has 0 saturated heterocycles. The molecule has 112 valence electrons. The number of rotatable bonds is 1. The molecule has 0 fully saturated rings. The van der Waals surface area contributed by atoms with Crippen molar-refractivity contribution < 1.29 is 4.79 Å². The Labute approximate surface area is 129 Å². The molecular formula is C17H18N4O. The van der Waals surface area contributed by atoms with Crippen LogP contribution in [0.2, 0.25) is 0 Å². The largest absolute Gasteiger partial charge is 0.311 e. The summed E-state index contributed by atoms with van der Waals surface area (Å²) < 4.78 is 1.86. The van der Waals surface area contributed by atoms with Crippen molar-refractivity contribution in [2.75, 3.05) is 5.32 Å². The van der Waals surface area contributed by atoms with Gasteiger partial charge in [-0.25, -0.2) is 4.68 Å². The van der Waals surface area contributed by atoms with Crippen molar-refractivity contribution in [3.63, 3.8) is 0 Å². The Morgan fingerprint density at radius 2 is 2.00 bits per heavy atom. The summed E-state index contributed by atoms with van der Waals surface area (Å²) >= 11 is 0. The highest BCUT2D eigenvalue weighted by molar-refractivity contribution is 5.94. The Hall–Kier alpha value is -2.61. The predicted octanol–water partition coefficient (Wildman–Crippen LogP) is 2.98. The molecule has 1 aliphatic rings. The van der Waals surface area contributed by atoms with Crippen LogP contribution in [0, 0.1) is 11.3 Å². The molecule has 1 atom stereocenters. The summed E-state index contributed by atoms with van der Waals surface area (Å²) in [5, 5.41) is 16.3. The molecule has 0 spiro atoms. The lowest BCUT2D eigenvalue weighted by Gasteiger charge is -2.28. The van der Waals surface area contributed by atoms with Gasteiger partial charge in [-0.05, 0) is 38.5 Å². The van der Waals surface area contributed by atoms with Crippen molar-refractivity contribution in [1.29, 1.82) is 5.26 Å². The van der Waals surface area contributed by atoms with Crippen LogP contribution in [0.25, 0.3) is 0 Å². The maximum Gasteiger partial charge on any atom is 0.226 e. The Morgan fingerprint density at radius 1 is 1.32 bits per heavy atom. The number of carbonyl (C=O) groups excluding carboxylic acids is 1. The summed E-state index contributed by atoms with van der Waals surface area (Å²) in [6.07, 6.45) is 2.23. The number of benzene rings is 1. The fraction of sp³-hybridized carbons (Fsp3) is 0.353. The van der Waals surface area contributed by atoms with Crippen molar-refractivity contribution in [2.24, 2.45) is 0 Å². The highest BCUT2D eigenvalue weighted by atomic mass is 16.1. The van der Waals surface area contributed by atoms with Gasteiger partial charge in [0, 0.05) is 17.9 Å². The number of nitrogens with one attached hydrogen (secondary N) is 1. The van der Waals surface area contributed by atoms with Crippen LogP contribution in [0.3, 0.4) is 0 Å². The molecule has 2 heterocycles. The number of nitriles is 1. The van der Waals surface area contributed by atoms with Gasteiger partial charge in [0.05, 0.1) is 23.4 Å². The van der Waals surface area contributed by atoms with Gasteiger partial charge in [-0.1, -0.05) is 12.1 Å².